The van der Waals surface area contributed by atoms with Crippen LogP contribution < -0.4 is 10.6 Å². The van der Waals surface area contributed by atoms with Crippen molar-refractivity contribution >= 4 is 6.03 Å². The molecule has 0 aliphatic rings. The molecule has 0 fully saturated rings. The second kappa shape index (κ2) is 7.63. The van der Waals surface area contributed by atoms with E-state index in [-0.39, 0.29) is 23.6 Å². The fourth-order valence-electron chi connectivity index (χ4n) is 2.76. The van der Waals surface area contributed by atoms with E-state index < -0.39 is 0 Å². The van der Waals surface area contributed by atoms with Crippen molar-refractivity contribution in [2.45, 2.75) is 60.1 Å². The van der Waals surface area contributed by atoms with Gasteiger partial charge in [0.15, 0.2) is 0 Å². The molecule has 4 nitrogen and oxygen atoms in total. The molecule has 0 saturated carbocycles. The van der Waals surface area contributed by atoms with Crippen LogP contribution in [0.15, 0.2) is 18.2 Å². The number of carbonyl (C=O) groups is 1. The van der Waals surface area contributed by atoms with Crippen molar-refractivity contribution in [1.82, 2.24) is 10.6 Å². The van der Waals surface area contributed by atoms with Gasteiger partial charge < -0.3 is 15.7 Å². The fourth-order valence-corrected chi connectivity index (χ4v) is 2.76. The van der Waals surface area contributed by atoms with E-state index in [1.807, 2.05) is 32.9 Å². The Hall–Kier alpha value is -1.55. The van der Waals surface area contributed by atoms with Crippen LogP contribution in [0.3, 0.4) is 0 Å². The first-order valence-electron chi connectivity index (χ1n) is 7.91. The van der Waals surface area contributed by atoms with Crippen molar-refractivity contribution in [3.8, 4) is 0 Å². The zero-order valence-electron chi connectivity index (χ0n) is 14.7. The van der Waals surface area contributed by atoms with Gasteiger partial charge in [-0.3, -0.25) is 0 Å². The molecule has 2 amide bonds. The molecule has 4 heteroatoms. The summed E-state index contributed by atoms with van der Waals surface area (Å²) in [7, 11) is 0. The summed E-state index contributed by atoms with van der Waals surface area (Å²) in [5.74, 6) is 0. The number of rotatable bonds is 6. The highest BCUT2D eigenvalue weighted by molar-refractivity contribution is 5.74. The Balaban J connectivity index is 2.56. The SMILES string of the molecule is Cc1cccc(C(C)NC(=O)NCC(C)(C)CC(C)O)c1C. The summed E-state index contributed by atoms with van der Waals surface area (Å²) >= 11 is 0. The third kappa shape index (κ3) is 5.68. The van der Waals surface area contributed by atoms with E-state index >= 15 is 0 Å². The first-order valence-corrected chi connectivity index (χ1v) is 7.91. The number of aliphatic hydroxyl groups is 1. The monoisotopic (exact) mass is 306 g/mol. The summed E-state index contributed by atoms with van der Waals surface area (Å²) < 4.78 is 0. The lowest BCUT2D eigenvalue weighted by molar-refractivity contribution is 0.128. The summed E-state index contributed by atoms with van der Waals surface area (Å²) in [5, 5.41) is 15.4. The third-order valence-electron chi connectivity index (χ3n) is 4.04. The number of hydrogen-bond acceptors (Lipinski definition) is 2. The number of nitrogens with one attached hydrogen (secondary N) is 2. The van der Waals surface area contributed by atoms with Crippen LogP contribution in [-0.2, 0) is 0 Å². The zero-order valence-corrected chi connectivity index (χ0v) is 14.7. The van der Waals surface area contributed by atoms with Crippen molar-refractivity contribution in [3.63, 3.8) is 0 Å². The molecule has 0 heterocycles. The maximum absolute atomic E-state index is 12.1. The van der Waals surface area contributed by atoms with Gasteiger partial charge >= 0.3 is 6.03 Å². The van der Waals surface area contributed by atoms with Gasteiger partial charge in [0, 0.05) is 6.54 Å². The zero-order chi connectivity index (χ0) is 16.9. The largest absolute Gasteiger partial charge is 0.393 e. The molecule has 0 saturated heterocycles. The molecule has 2 atom stereocenters. The standard InChI is InChI=1S/C18H30N2O2/c1-12-8-7-9-16(14(12)3)15(4)20-17(22)19-11-18(5,6)10-13(2)21/h7-9,13,15,21H,10-11H2,1-6H3,(H2,19,20,22). The van der Waals surface area contributed by atoms with Crippen LogP contribution >= 0.6 is 0 Å². The second-order valence-electron chi connectivity index (χ2n) is 7.06. The molecular weight excluding hydrogens is 276 g/mol. The third-order valence-corrected chi connectivity index (χ3v) is 4.04. The molecule has 0 spiro atoms. The smallest absolute Gasteiger partial charge is 0.315 e. The number of aliphatic hydroxyl groups excluding tert-OH is 1. The van der Waals surface area contributed by atoms with Gasteiger partial charge in [-0.15, -0.1) is 0 Å². The van der Waals surface area contributed by atoms with Crippen molar-refractivity contribution in [1.29, 1.82) is 0 Å². The van der Waals surface area contributed by atoms with Gasteiger partial charge in [-0.25, -0.2) is 4.79 Å². The maximum Gasteiger partial charge on any atom is 0.315 e. The van der Waals surface area contributed by atoms with Gasteiger partial charge in [-0.1, -0.05) is 32.0 Å². The molecule has 124 valence electrons. The Morgan fingerprint density at radius 1 is 1.27 bits per heavy atom. The Morgan fingerprint density at radius 3 is 2.50 bits per heavy atom. The molecule has 3 N–H and O–H groups in total. The second-order valence-corrected chi connectivity index (χ2v) is 7.06. The van der Waals surface area contributed by atoms with Crippen molar-refractivity contribution in [3.05, 3.63) is 34.9 Å². The van der Waals surface area contributed by atoms with E-state index in [1.54, 1.807) is 6.92 Å². The molecule has 1 rings (SSSR count). The lowest BCUT2D eigenvalue weighted by Gasteiger charge is -2.27. The molecule has 0 aliphatic carbocycles. The van der Waals surface area contributed by atoms with Crippen LogP contribution in [0.4, 0.5) is 4.79 Å². The minimum absolute atomic E-state index is 0.0419. The van der Waals surface area contributed by atoms with Crippen LogP contribution in [0.1, 0.15) is 56.8 Å². The predicted octanol–water partition coefficient (Wildman–Crippen LogP) is 3.46. The van der Waals surface area contributed by atoms with Gasteiger partial charge in [-0.05, 0) is 56.2 Å². The van der Waals surface area contributed by atoms with E-state index in [9.17, 15) is 9.90 Å². The highest BCUT2D eigenvalue weighted by Crippen LogP contribution is 2.22. The summed E-state index contributed by atoms with van der Waals surface area (Å²) in [4.78, 5) is 12.1. The minimum atomic E-state index is -0.367. The molecule has 1 aromatic rings. The van der Waals surface area contributed by atoms with Crippen molar-refractivity contribution in [2.75, 3.05) is 6.54 Å². The summed E-state index contributed by atoms with van der Waals surface area (Å²) in [6.45, 7) is 12.5. The average molecular weight is 306 g/mol. The summed E-state index contributed by atoms with van der Waals surface area (Å²) in [5.41, 5.74) is 3.45. The van der Waals surface area contributed by atoms with E-state index in [0.29, 0.717) is 13.0 Å². The highest BCUT2D eigenvalue weighted by atomic mass is 16.3. The highest BCUT2D eigenvalue weighted by Gasteiger charge is 2.21. The first-order chi connectivity index (χ1) is 10.1. The molecule has 1 aromatic carbocycles. The van der Waals surface area contributed by atoms with Crippen LogP contribution in [0.25, 0.3) is 0 Å². The number of aryl methyl sites for hydroxylation is 1. The molecule has 0 radical (unpaired) electrons. The minimum Gasteiger partial charge on any atom is -0.393 e. The quantitative estimate of drug-likeness (QED) is 0.753. The first kappa shape index (κ1) is 18.5. The van der Waals surface area contributed by atoms with E-state index in [4.69, 9.17) is 0 Å². The molecular formula is C18H30N2O2. The molecule has 2 unspecified atom stereocenters. The van der Waals surface area contributed by atoms with Crippen molar-refractivity contribution in [2.24, 2.45) is 5.41 Å². The Kier molecular flexibility index (Phi) is 6.42. The van der Waals surface area contributed by atoms with Gasteiger partial charge in [0.25, 0.3) is 0 Å². The number of benzene rings is 1. The van der Waals surface area contributed by atoms with Gasteiger partial charge in [0.2, 0.25) is 0 Å². The lowest BCUT2D eigenvalue weighted by Crippen LogP contribution is -2.42. The molecule has 0 aliphatic heterocycles. The fraction of sp³-hybridized carbons (Fsp3) is 0.611. The predicted molar refractivity (Wildman–Crippen MR) is 90.9 cm³/mol. The van der Waals surface area contributed by atoms with Gasteiger partial charge in [0.05, 0.1) is 12.1 Å². The summed E-state index contributed by atoms with van der Waals surface area (Å²) in [6.07, 6.45) is 0.286. The van der Waals surface area contributed by atoms with Crippen LogP contribution in [0.5, 0.6) is 0 Å². The Morgan fingerprint density at radius 2 is 1.91 bits per heavy atom. The van der Waals surface area contributed by atoms with Crippen LogP contribution in [0.2, 0.25) is 0 Å². The van der Waals surface area contributed by atoms with Gasteiger partial charge in [0.1, 0.15) is 0 Å². The number of amides is 2. The number of hydrogen-bond donors (Lipinski definition) is 3. The van der Waals surface area contributed by atoms with E-state index in [2.05, 4.69) is 30.5 Å². The maximum atomic E-state index is 12.1. The normalized spacial score (nSPS) is 14.3. The van der Waals surface area contributed by atoms with E-state index in [1.165, 1.54) is 11.1 Å². The number of carbonyl (C=O) groups excluding carboxylic acids is 1. The average Bonchev–Trinajstić information content (AvgIpc) is 2.38. The summed E-state index contributed by atoms with van der Waals surface area (Å²) in [6, 6.07) is 5.92. The molecule has 0 bridgehead atoms. The topological polar surface area (TPSA) is 61.4 Å². The Labute approximate surface area is 134 Å². The van der Waals surface area contributed by atoms with E-state index in [0.717, 1.165) is 5.56 Å². The van der Waals surface area contributed by atoms with Crippen LogP contribution in [0, 0.1) is 19.3 Å². The number of urea groups is 1. The van der Waals surface area contributed by atoms with Gasteiger partial charge in [-0.2, -0.15) is 0 Å². The lowest BCUT2D eigenvalue weighted by atomic mass is 9.87. The Bertz CT molecular complexity index is 510. The molecule has 22 heavy (non-hydrogen) atoms. The molecule has 0 aromatic heterocycles. The van der Waals surface area contributed by atoms with Crippen LogP contribution in [-0.4, -0.2) is 23.8 Å². The van der Waals surface area contributed by atoms with Crippen molar-refractivity contribution < 1.29 is 9.90 Å².